The van der Waals surface area contributed by atoms with Gasteiger partial charge in [-0.05, 0) is 54.7 Å². The topological polar surface area (TPSA) is 201 Å². The number of hydrogen-bond donors (Lipinski definition) is 4. The molecule has 2 aromatic carbocycles. The molecule has 0 radical (unpaired) electrons. The lowest BCUT2D eigenvalue weighted by atomic mass is 9.99. The number of nitrogens with zero attached hydrogens (tertiary/aromatic N) is 5. The fourth-order valence-electron chi connectivity index (χ4n) is 7.91. The van der Waals surface area contributed by atoms with Crippen molar-refractivity contribution in [3.63, 3.8) is 0 Å². The van der Waals surface area contributed by atoms with E-state index in [1.807, 2.05) is 64.1 Å². The molecule has 7 rings (SSSR count). The molecular weight excluding hydrogens is 731 g/mol. The van der Waals surface area contributed by atoms with Gasteiger partial charge in [-0.1, -0.05) is 58.0 Å². The molecule has 2 fully saturated rings. The van der Waals surface area contributed by atoms with Gasteiger partial charge in [0.1, 0.15) is 29.2 Å². The third kappa shape index (κ3) is 7.80. The summed E-state index contributed by atoms with van der Waals surface area (Å²) in [6.07, 6.45) is 6.82. The molecular formula is C41H49N9O7. The number of methoxy groups -OCH3 is 2. The normalized spacial score (nSPS) is 18.0. The second-order valence-corrected chi connectivity index (χ2v) is 15.2. The number of carbonyl (C=O) groups excluding carboxylic acids is 4. The maximum Gasteiger partial charge on any atom is 0.407 e. The first-order valence-corrected chi connectivity index (χ1v) is 19.4. The lowest BCUT2D eigenvalue weighted by molar-refractivity contribution is -0.136. The number of aromatic amines is 2. The molecule has 57 heavy (non-hydrogen) atoms. The number of carbonyl (C=O) groups is 4. The minimum Gasteiger partial charge on any atom is -0.453 e. The molecule has 2 aliphatic rings. The second-order valence-electron chi connectivity index (χ2n) is 15.2. The van der Waals surface area contributed by atoms with Crippen LogP contribution in [0.25, 0.3) is 44.7 Å². The van der Waals surface area contributed by atoms with E-state index in [1.54, 1.807) is 22.2 Å². The first-order chi connectivity index (χ1) is 27.5. The van der Waals surface area contributed by atoms with Gasteiger partial charge in [0.25, 0.3) is 0 Å². The molecule has 0 spiro atoms. The number of fused-ring (bicyclic) bond motifs is 1. The molecule has 16 heteroatoms. The number of alkyl carbamates (subject to hydrolysis) is 2. The summed E-state index contributed by atoms with van der Waals surface area (Å²) in [5.41, 5.74) is 6.41. The lowest BCUT2D eigenvalue weighted by Gasteiger charge is -2.30. The molecule has 2 aliphatic heterocycles. The number of oxazole rings is 1. The molecule has 4 N–H and O–H groups in total. The standard InChI is InChI=1S/C41H49N9O7/c1-22(2)32(47-40(53)55-5)38(51)49-17-7-9-30(49)36-42-19-28(45-36)25-13-11-24(12-14-25)26-15-16-27(35-34(26)44-21-57-35)29-20-43-37(46-29)31-10-8-18-50(31)39(52)33(23(3)4)48-41(54)56-6/h11-16,19-23,30-33H,7-10,17-18H2,1-6H3,(H,42,45)(H,43,46)(H,47,53)(H,48,54)/t30-,31-,32-,33-/m0/s1. The van der Waals surface area contributed by atoms with E-state index in [4.69, 9.17) is 18.9 Å². The van der Waals surface area contributed by atoms with Crippen molar-refractivity contribution >= 4 is 35.1 Å². The summed E-state index contributed by atoms with van der Waals surface area (Å²) in [6.45, 7) is 8.70. The predicted molar refractivity (Wildman–Crippen MR) is 210 cm³/mol. The summed E-state index contributed by atoms with van der Waals surface area (Å²) in [5.74, 6) is 0.781. The summed E-state index contributed by atoms with van der Waals surface area (Å²) in [5, 5.41) is 5.38. The molecule has 0 saturated carbocycles. The molecule has 0 bridgehead atoms. The van der Waals surface area contributed by atoms with Crippen LogP contribution < -0.4 is 10.6 Å². The summed E-state index contributed by atoms with van der Waals surface area (Å²) >= 11 is 0. The Hall–Kier alpha value is -6.19. The zero-order chi connectivity index (χ0) is 40.4. The minimum atomic E-state index is -0.720. The van der Waals surface area contributed by atoms with Gasteiger partial charge in [-0.2, -0.15) is 0 Å². The number of amides is 4. The first-order valence-electron chi connectivity index (χ1n) is 19.4. The number of hydrogen-bond acceptors (Lipinski definition) is 10. The molecule has 4 amide bonds. The van der Waals surface area contributed by atoms with E-state index in [2.05, 4.69) is 30.6 Å². The van der Waals surface area contributed by atoms with Crippen LogP contribution in [-0.4, -0.2) is 98.1 Å². The van der Waals surface area contributed by atoms with Crippen LogP contribution in [0.4, 0.5) is 9.59 Å². The third-order valence-electron chi connectivity index (χ3n) is 11.0. The molecule has 5 heterocycles. The number of ether oxygens (including phenoxy) is 2. The SMILES string of the molecule is COC(=O)N[C@H](C(=O)N1CCC[C@H]1c1ncc(-c2ccc(-c3ccc(-c4cnc([C@@H]5CCCN5C(=O)[C@@H](NC(=O)OC)C(C)C)[nH]4)c4ocnc34)cc2)[nH]1)C(C)C. The van der Waals surface area contributed by atoms with Crippen LogP contribution in [0.15, 0.2) is 59.6 Å². The van der Waals surface area contributed by atoms with E-state index in [0.717, 1.165) is 59.3 Å². The number of benzene rings is 2. The zero-order valence-electron chi connectivity index (χ0n) is 33.0. The molecule has 300 valence electrons. The van der Waals surface area contributed by atoms with Gasteiger partial charge < -0.3 is 44.3 Å². The Morgan fingerprint density at radius 3 is 1.72 bits per heavy atom. The van der Waals surface area contributed by atoms with E-state index < -0.39 is 24.3 Å². The monoisotopic (exact) mass is 779 g/mol. The van der Waals surface area contributed by atoms with Gasteiger partial charge in [0.05, 0.1) is 50.1 Å². The minimum absolute atomic E-state index is 0.119. The van der Waals surface area contributed by atoms with Gasteiger partial charge in [-0.3, -0.25) is 9.59 Å². The Labute approximate surface area is 330 Å². The van der Waals surface area contributed by atoms with Crippen LogP contribution in [0.1, 0.15) is 77.1 Å². The van der Waals surface area contributed by atoms with Crippen LogP contribution in [0, 0.1) is 11.8 Å². The predicted octanol–water partition coefficient (Wildman–Crippen LogP) is 6.36. The van der Waals surface area contributed by atoms with E-state index in [0.29, 0.717) is 35.8 Å². The number of imidazole rings is 2. The highest BCUT2D eigenvalue weighted by Gasteiger charge is 2.39. The number of rotatable bonds is 11. The third-order valence-corrected chi connectivity index (χ3v) is 11.0. The maximum atomic E-state index is 13.6. The van der Waals surface area contributed by atoms with Gasteiger partial charge >= 0.3 is 12.2 Å². The van der Waals surface area contributed by atoms with E-state index in [9.17, 15) is 19.2 Å². The molecule has 3 aromatic heterocycles. The summed E-state index contributed by atoms with van der Waals surface area (Å²) in [6, 6.07) is 10.1. The molecule has 16 nitrogen and oxygen atoms in total. The average molecular weight is 780 g/mol. The Morgan fingerprint density at radius 1 is 0.702 bits per heavy atom. The maximum absolute atomic E-state index is 13.6. The van der Waals surface area contributed by atoms with Gasteiger partial charge in [-0.15, -0.1) is 0 Å². The van der Waals surface area contributed by atoms with Crippen molar-refractivity contribution in [3.05, 3.63) is 66.8 Å². The van der Waals surface area contributed by atoms with Crippen LogP contribution in [0.3, 0.4) is 0 Å². The summed E-state index contributed by atoms with van der Waals surface area (Å²) in [4.78, 5) is 75.6. The van der Waals surface area contributed by atoms with Crippen molar-refractivity contribution < 1.29 is 33.1 Å². The van der Waals surface area contributed by atoms with Gasteiger partial charge in [0.2, 0.25) is 11.8 Å². The largest absolute Gasteiger partial charge is 0.453 e. The van der Waals surface area contributed by atoms with E-state index in [1.165, 1.54) is 20.6 Å². The number of aromatic nitrogens is 5. The fraction of sp³-hybridized carbons (Fsp3) is 0.439. The average Bonchev–Trinajstić information content (AvgIpc) is 4.07. The van der Waals surface area contributed by atoms with Gasteiger partial charge in [0, 0.05) is 24.2 Å². The Morgan fingerprint density at radius 2 is 1.19 bits per heavy atom. The zero-order valence-corrected chi connectivity index (χ0v) is 33.0. The highest BCUT2D eigenvalue weighted by atomic mass is 16.5. The molecule has 0 aliphatic carbocycles. The highest BCUT2D eigenvalue weighted by molar-refractivity contribution is 5.99. The van der Waals surface area contributed by atoms with Crippen molar-refractivity contribution in [1.29, 1.82) is 0 Å². The number of nitrogens with one attached hydrogen (secondary N) is 4. The molecule has 5 aromatic rings. The van der Waals surface area contributed by atoms with Crippen molar-refractivity contribution in [2.75, 3.05) is 27.3 Å². The summed E-state index contributed by atoms with van der Waals surface area (Å²) < 4.78 is 15.5. The number of likely N-dealkylation sites (tertiary alicyclic amines) is 2. The fourth-order valence-corrected chi connectivity index (χ4v) is 7.91. The Bertz CT molecular complexity index is 2240. The van der Waals surface area contributed by atoms with Crippen LogP contribution in [0.2, 0.25) is 0 Å². The molecule has 0 unspecified atom stereocenters. The Kier molecular flexibility index (Phi) is 11.3. The van der Waals surface area contributed by atoms with Crippen molar-refractivity contribution in [2.24, 2.45) is 11.8 Å². The lowest BCUT2D eigenvalue weighted by Crippen LogP contribution is -2.51. The van der Waals surface area contributed by atoms with E-state index in [-0.39, 0.29) is 35.7 Å². The first kappa shape index (κ1) is 39.1. The molecule has 4 atom stereocenters. The molecule has 2 saturated heterocycles. The Balaban J connectivity index is 1.07. The van der Waals surface area contributed by atoms with Gasteiger partial charge in [0.15, 0.2) is 12.0 Å². The van der Waals surface area contributed by atoms with E-state index >= 15 is 0 Å². The van der Waals surface area contributed by atoms with Crippen LogP contribution >= 0.6 is 0 Å². The van der Waals surface area contributed by atoms with Crippen molar-refractivity contribution in [2.45, 2.75) is 77.5 Å². The van der Waals surface area contributed by atoms with Crippen molar-refractivity contribution in [1.82, 2.24) is 45.4 Å². The highest BCUT2D eigenvalue weighted by Crippen LogP contribution is 2.38. The van der Waals surface area contributed by atoms with Gasteiger partial charge in [-0.25, -0.2) is 24.5 Å². The van der Waals surface area contributed by atoms with Crippen molar-refractivity contribution in [3.8, 4) is 33.6 Å². The summed E-state index contributed by atoms with van der Waals surface area (Å²) in [7, 11) is 2.56. The van der Waals surface area contributed by atoms with Crippen LogP contribution in [0.5, 0.6) is 0 Å². The van der Waals surface area contributed by atoms with Crippen LogP contribution in [-0.2, 0) is 19.1 Å². The quantitative estimate of drug-likeness (QED) is 0.117. The number of H-pyrrole nitrogens is 2. The smallest absolute Gasteiger partial charge is 0.407 e. The second kappa shape index (κ2) is 16.5.